The van der Waals surface area contributed by atoms with Gasteiger partial charge in [0, 0.05) is 19.4 Å². The minimum Gasteiger partial charge on any atom is -0.378 e. The predicted octanol–water partition coefficient (Wildman–Crippen LogP) is 2.31. The maximum atomic E-state index is 11.3. The molecule has 1 aliphatic rings. The quantitative estimate of drug-likeness (QED) is 0.633. The van der Waals surface area contributed by atoms with Gasteiger partial charge in [0.15, 0.2) is 0 Å². The molecule has 0 N–H and O–H groups in total. The van der Waals surface area contributed by atoms with Crippen LogP contribution in [0, 0.1) is 0 Å². The highest BCUT2D eigenvalue weighted by Crippen LogP contribution is 2.16. The molecule has 0 aromatic carbocycles. The van der Waals surface area contributed by atoms with Gasteiger partial charge in [-0.25, -0.2) is 0 Å². The molecule has 0 spiro atoms. The Bertz CT molecular complexity index is 137. The third-order valence-electron chi connectivity index (χ3n) is 2.29. The summed E-state index contributed by atoms with van der Waals surface area (Å²) in [7, 11) is 0. The third-order valence-corrected chi connectivity index (χ3v) is 2.29. The molecule has 12 heavy (non-hydrogen) atoms. The van der Waals surface area contributed by atoms with Crippen LogP contribution >= 0.6 is 0 Å². The highest BCUT2D eigenvalue weighted by atomic mass is 16.5. The minimum absolute atomic E-state index is 0.245. The molecule has 70 valence electrons. The molecule has 2 heteroatoms. The zero-order valence-electron chi connectivity index (χ0n) is 7.84. The van der Waals surface area contributed by atoms with Gasteiger partial charge >= 0.3 is 0 Å². The molecule has 2 nitrogen and oxygen atoms in total. The van der Waals surface area contributed by atoms with Gasteiger partial charge in [-0.3, -0.25) is 4.79 Å². The Labute approximate surface area is 74.3 Å². The Balaban J connectivity index is 2.08. The lowest BCUT2D eigenvalue weighted by atomic mass is 10.1. The molecule has 1 saturated heterocycles. The lowest BCUT2D eigenvalue weighted by Crippen LogP contribution is -2.11. The molecule has 1 atom stereocenters. The molecule has 0 saturated carbocycles. The fourth-order valence-corrected chi connectivity index (χ4v) is 1.54. The standard InChI is InChI=1S/C10H18O2/c1-2-3-5-9(11)8-10-6-4-7-12-10/h10H,2-8H2,1H3. The van der Waals surface area contributed by atoms with Crippen LogP contribution in [0.25, 0.3) is 0 Å². The fraction of sp³-hybridized carbons (Fsp3) is 0.900. The monoisotopic (exact) mass is 170 g/mol. The van der Waals surface area contributed by atoms with Gasteiger partial charge in [0.05, 0.1) is 6.10 Å². The number of Topliss-reactive ketones (excluding diaryl/α,β-unsaturated/α-hetero) is 1. The SMILES string of the molecule is CCCCC(=O)CC1CCCO1. The highest BCUT2D eigenvalue weighted by molar-refractivity contribution is 5.78. The number of carbonyl (C=O) groups is 1. The van der Waals surface area contributed by atoms with E-state index in [9.17, 15) is 4.79 Å². The van der Waals surface area contributed by atoms with Gasteiger partial charge in [0.25, 0.3) is 0 Å². The molecular formula is C10H18O2. The second-order valence-corrected chi connectivity index (χ2v) is 3.48. The Morgan fingerprint density at radius 3 is 3.00 bits per heavy atom. The molecular weight excluding hydrogens is 152 g/mol. The summed E-state index contributed by atoms with van der Waals surface area (Å²) in [6.45, 7) is 2.96. The number of rotatable bonds is 5. The molecule has 1 fully saturated rings. The molecule has 0 aromatic rings. The second kappa shape index (κ2) is 5.31. The predicted molar refractivity (Wildman–Crippen MR) is 48.1 cm³/mol. The van der Waals surface area contributed by atoms with Crippen LogP contribution in [-0.4, -0.2) is 18.5 Å². The highest BCUT2D eigenvalue weighted by Gasteiger charge is 2.18. The maximum absolute atomic E-state index is 11.3. The minimum atomic E-state index is 0.245. The Hall–Kier alpha value is -0.370. The fourth-order valence-electron chi connectivity index (χ4n) is 1.54. The van der Waals surface area contributed by atoms with Crippen molar-refractivity contribution in [3.8, 4) is 0 Å². The first-order valence-corrected chi connectivity index (χ1v) is 4.96. The van der Waals surface area contributed by atoms with Gasteiger partial charge in [0.1, 0.15) is 5.78 Å². The molecule has 0 bridgehead atoms. The summed E-state index contributed by atoms with van der Waals surface area (Å²) in [6, 6.07) is 0. The van der Waals surface area contributed by atoms with E-state index in [0.29, 0.717) is 12.2 Å². The van der Waals surface area contributed by atoms with E-state index in [2.05, 4.69) is 6.92 Å². The van der Waals surface area contributed by atoms with Crippen molar-refractivity contribution in [1.82, 2.24) is 0 Å². The summed E-state index contributed by atoms with van der Waals surface area (Å²) in [5.41, 5.74) is 0. The van der Waals surface area contributed by atoms with Gasteiger partial charge in [-0.1, -0.05) is 13.3 Å². The van der Waals surface area contributed by atoms with E-state index in [0.717, 1.165) is 38.7 Å². The number of carbonyl (C=O) groups excluding carboxylic acids is 1. The zero-order valence-corrected chi connectivity index (χ0v) is 7.84. The zero-order chi connectivity index (χ0) is 8.81. The molecule has 0 aromatic heterocycles. The summed E-state index contributed by atoms with van der Waals surface area (Å²) < 4.78 is 5.38. The molecule has 1 aliphatic heterocycles. The van der Waals surface area contributed by atoms with Gasteiger partial charge in [-0.05, 0) is 19.3 Å². The van der Waals surface area contributed by atoms with E-state index in [1.165, 1.54) is 0 Å². The summed E-state index contributed by atoms with van der Waals surface area (Å²) in [4.78, 5) is 11.3. The number of hydrogen-bond donors (Lipinski definition) is 0. The van der Waals surface area contributed by atoms with Crippen LogP contribution in [0.5, 0.6) is 0 Å². The van der Waals surface area contributed by atoms with Crippen LogP contribution in [0.4, 0.5) is 0 Å². The van der Waals surface area contributed by atoms with Crippen LogP contribution in [0.3, 0.4) is 0 Å². The molecule has 0 radical (unpaired) electrons. The summed E-state index contributed by atoms with van der Waals surface area (Å²) in [5.74, 6) is 0.378. The topological polar surface area (TPSA) is 26.3 Å². The van der Waals surface area contributed by atoms with E-state index < -0.39 is 0 Å². The van der Waals surface area contributed by atoms with Gasteiger partial charge in [-0.2, -0.15) is 0 Å². The molecule has 1 heterocycles. The van der Waals surface area contributed by atoms with Crippen molar-refractivity contribution in [3.05, 3.63) is 0 Å². The van der Waals surface area contributed by atoms with Crippen molar-refractivity contribution in [1.29, 1.82) is 0 Å². The van der Waals surface area contributed by atoms with E-state index in [1.54, 1.807) is 0 Å². The van der Waals surface area contributed by atoms with Crippen molar-refractivity contribution < 1.29 is 9.53 Å². The Morgan fingerprint density at radius 2 is 2.42 bits per heavy atom. The van der Waals surface area contributed by atoms with Gasteiger partial charge in [-0.15, -0.1) is 0 Å². The maximum Gasteiger partial charge on any atom is 0.135 e. The van der Waals surface area contributed by atoms with Crippen LogP contribution in [0.15, 0.2) is 0 Å². The number of unbranched alkanes of at least 4 members (excludes halogenated alkanes) is 1. The third kappa shape index (κ3) is 3.35. The Kier molecular flexibility index (Phi) is 4.30. The molecule has 1 unspecified atom stereocenters. The van der Waals surface area contributed by atoms with Crippen LogP contribution in [-0.2, 0) is 9.53 Å². The van der Waals surface area contributed by atoms with Crippen molar-refractivity contribution in [2.75, 3.05) is 6.61 Å². The van der Waals surface area contributed by atoms with Crippen molar-refractivity contribution in [2.24, 2.45) is 0 Å². The molecule has 0 aliphatic carbocycles. The normalized spacial score (nSPS) is 22.9. The first-order valence-electron chi connectivity index (χ1n) is 4.96. The number of hydrogen-bond acceptors (Lipinski definition) is 2. The van der Waals surface area contributed by atoms with Gasteiger partial charge < -0.3 is 4.74 Å². The van der Waals surface area contributed by atoms with Gasteiger partial charge in [0.2, 0.25) is 0 Å². The van der Waals surface area contributed by atoms with Crippen LogP contribution in [0.1, 0.15) is 45.4 Å². The molecule has 0 amide bonds. The first-order chi connectivity index (χ1) is 5.83. The van der Waals surface area contributed by atoms with E-state index in [4.69, 9.17) is 4.74 Å². The first kappa shape index (κ1) is 9.72. The lowest BCUT2D eigenvalue weighted by Gasteiger charge is -2.06. The van der Waals surface area contributed by atoms with Crippen molar-refractivity contribution in [3.63, 3.8) is 0 Å². The second-order valence-electron chi connectivity index (χ2n) is 3.48. The van der Waals surface area contributed by atoms with E-state index in [1.807, 2.05) is 0 Å². The average molecular weight is 170 g/mol. The summed E-state index contributed by atoms with van der Waals surface area (Å²) in [5, 5.41) is 0. The summed E-state index contributed by atoms with van der Waals surface area (Å²) in [6.07, 6.45) is 6.00. The van der Waals surface area contributed by atoms with Crippen LogP contribution < -0.4 is 0 Å². The Morgan fingerprint density at radius 1 is 1.58 bits per heavy atom. The van der Waals surface area contributed by atoms with Crippen molar-refractivity contribution >= 4 is 5.78 Å². The average Bonchev–Trinajstić information content (AvgIpc) is 2.53. The number of ether oxygens (including phenoxy) is 1. The van der Waals surface area contributed by atoms with Crippen molar-refractivity contribution in [2.45, 2.75) is 51.6 Å². The summed E-state index contributed by atoms with van der Waals surface area (Å²) >= 11 is 0. The number of ketones is 1. The van der Waals surface area contributed by atoms with Crippen LogP contribution in [0.2, 0.25) is 0 Å². The lowest BCUT2D eigenvalue weighted by molar-refractivity contribution is -0.121. The largest absolute Gasteiger partial charge is 0.378 e. The van der Waals surface area contributed by atoms with E-state index >= 15 is 0 Å². The van der Waals surface area contributed by atoms with E-state index in [-0.39, 0.29) is 6.10 Å². The molecule has 1 rings (SSSR count). The smallest absolute Gasteiger partial charge is 0.135 e.